The van der Waals surface area contributed by atoms with Gasteiger partial charge in [-0.1, -0.05) is 146 Å². The zero-order valence-corrected chi connectivity index (χ0v) is 26.1. The van der Waals surface area contributed by atoms with Gasteiger partial charge in [-0.3, -0.25) is 0 Å². The van der Waals surface area contributed by atoms with Crippen molar-refractivity contribution in [2.24, 2.45) is 0 Å². The number of pyridine rings is 1. The fourth-order valence-corrected chi connectivity index (χ4v) is 7.83. The highest BCUT2D eigenvalue weighted by Crippen LogP contribution is 2.51. The van der Waals surface area contributed by atoms with E-state index in [-0.39, 0.29) is 5.92 Å². The lowest BCUT2D eigenvalue weighted by Crippen LogP contribution is -2.00. The van der Waals surface area contributed by atoms with Crippen molar-refractivity contribution in [1.82, 2.24) is 4.98 Å². The molecule has 10 rings (SSSR count). The molecule has 2 heteroatoms. The predicted molar refractivity (Wildman–Crippen MR) is 198 cm³/mol. The summed E-state index contributed by atoms with van der Waals surface area (Å²) >= 11 is 0. The summed E-state index contributed by atoms with van der Waals surface area (Å²) in [6.07, 6.45) is 0. The molecule has 224 valence electrons. The Kier molecular flexibility index (Phi) is 5.97. The normalized spacial score (nSPS) is 13.6. The number of hydrogen-bond acceptors (Lipinski definition) is 2. The quantitative estimate of drug-likeness (QED) is 0.198. The first-order chi connectivity index (χ1) is 23.8. The van der Waals surface area contributed by atoms with Gasteiger partial charge in [-0.15, -0.1) is 0 Å². The van der Waals surface area contributed by atoms with Gasteiger partial charge in [-0.2, -0.15) is 0 Å². The number of rotatable bonds is 4. The molecule has 2 aromatic heterocycles. The lowest BCUT2D eigenvalue weighted by molar-refractivity contribution is 0.661. The molecule has 0 aliphatic heterocycles. The Morgan fingerprint density at radius 1 is 0.417 bits per heavy atom. The van der Waals surface area contributed by atoms with Crippen LogP contribution in [0.2, 0.25) is 0 Å². The third kappa shape index (κ3) is 4.09. The van der Waals surface area contributed by atoms with Gasteiger partial charge in [0.25, 0.3) is 0 Å². The molecule has 0 bridgehead atoms. The van der Waals surface area contributed by atoms with E-state index in [1.807, 2.05) is 6.07 Å². The van der Waals surface area contributed by atoms with Crippen LogP contribution in [0.15, 0.2) is 174 Å². The summed E-state index contributed by atoms with van der Waals surface area (Å²) in [6, 6.07) is 60.7. The molecule has 0 amide bonds. The van der Waals surface area contributed by atoms with Crippen molar-refractivity contribution < 1.29 is 4.42 Å². The average Bonchev–Trinajstić information content (AvgIpc) is 3.71. The molecule has 1 unspecified atom stereocenters. The second-order valence-electron chi connectivity index (χ2n) is 12.6. The van der Waals surface area contributed by atoms with E-state index in [1.165, 1.54) is 38.9 Å². The summed E-state index contributed by atoms with van der Waals surface area (Å²) in [5.41, 5.74) is 16.0. The van der Waals surface area contributed by atoms with Crippen molar-refractivity contribution in [3.8, 4) is 44.6 Å². The Balaban J connectivity index is 1.22. The molecule has 0 spiro atoms. The fourth-order valence-electron chi connectivity index (χ4n) is 7.83. The Morgan fingerprint density at radius 2 is 1.08 bits per heavy atom. The van der Waals surface area contributed by atoms with Crippen molar-refractivity contribution >= 4 is 32.8 Å². The van der Waals surface area contributed by atoms with Crippen LogP contribution in [0.5, 0.6) is 0 Å². The number of aromatic nitrogens is 1. The first kappa shape index (κ1) is 26.9. The van der Waals surface area contributed by atoms with Gasteiger partial charge in [-0.05, 0) is 68.8 Å². The first-order valence-corrected chi connectivity index (χ1v) is 16.5. The largest absolute Gasteiger partial charge is 0.456 e. The lowest BCUT2D eigenvalue weighted by atomic mass is 9.86. The third-order valence-corrected chi connectivity index (χ3v) is 9.97. The minimum Gasteiger partial charge on any atom is -0.456 e. The zero-order valence-electron chi connectivity index (χ0n) is 26.1. The highest BCUT2D eigenvalue weighted by Gasteiger charge is 2.32. The van der Waals surface area contributed by atoms with Crippen molar-refractivity contribution in [2.75, 3.05) is 0 Å². The number of nitrogens with zero attached hydrogens (tertiary/aromatic N) is 1. The molecule has 1 aliphatic carbocycles. The van der Waals surface area contributed by atoms with Crippen LogP contribution in [0.25, 0.3) is 77.5 Å². The van der Waals surface area contributed by atoms with Gasteiger partial charge in [0.2, 0.25) is 0 Å². The SMILES string of the molecule is c1ccc(-c2ccc3c(c2)C(c2cccc4c2oc2cccc(-c5cc(-c6ccccc6)nc6ccccc56)c24)c2ccccc2-3)cc1. The number of hydrogen-bond donors (Lipinski definition) is 0. The van der Waals surface area contributed by atoms with Crippen LogP contribution < -0.4 is 0 Å². The molecule has 2 heterocycles. The molecule has 1 aliphatic rings. The second kappa shape index (κ2) is 10.7. The standard InChI is InChI=1S/C46H29NO/c1-3-13-29(14-4-1)31-25-26-33-32-17-7-8-19-35(32)44(40(33)27-31)37-21-11-22-38-45-36(20-12-24-43(45)48-46(37)38)39-28-42(30-15-5-2-6-16-30)47-41-23-10-9-18-34(39)41/h1-28,44H. The highest BCUT2D eigenvalue weighted by molar-refractivity contribution is 6.16. The summed E-state index contributed by atoms with van der Waals surface area (Å²) < 4.78 is 6.91. The van der Waals surface area contributed by atoms with Crippen molar-refractivity contribution in [1.29, 1.82) is 0 Å². The number of fused-ring (bicyclic) bond motifs is 7. The fraction of sp³-hybridized carbons (Fsp3) is 0.0217. The van der Waals surface area contributed by atoms with Crippen molar-refractivity contribution in [3.63, 3.8) is 0 Å². The summed E-state index contributed by atoms with van der Waals surface area (Å²) in [5.74, 6) is 0.0546. The van der Waals surface area contributed by atoms with Crippen LogP contribution in [0.4, 0.5) is 0 Å². The summed E-state index contributed by atoms with van der Waals surface area (Å²) in [7, 11) is 0. The molecule has 7 aromatic carbocycles. The molecule has 1 atom stereocenters. The van der Waals surface area contributed by atoms with E-state index in [4.69, 9.17) is 9.40 Å². The van der Waals surface area contributed by atoms with Gasteiger partial charge >= 0.3 is 0 Å². The average molecular weight is 612 g/mol. The van der Waals surface area contributed by atoms with E-state index in [1.54, 1.807) is 0 Å². The molecule has 0 saturated carbocycles. The molecule has 9 aromatic rings. The monoisotopic (exact) mass is 611 g/mol. The summed E-state index contributed by atoms with van der Waals surface area (Å²) in [4.78, 5) is 5.08. The zero-order chi connectivity index (χ0) is 31.6. The smallest absolute Gasteiger partial charge is 0.139 e. The van der Waals surface area contributed by atoms with Crippen LogP contribution >= 0.6 is 0 Å². The lowest BCUT2D eigenvalue weighted by Gasteiger charge is -2.16. The van der Waals surface area contributed by atoms with Crippen molar-refractivity contribution in [2.45, 2.75) is 5.92 Å². The Bertz CT molecular complexity index is 2670. The molecule has 0 N–H and O–H groups in total. The molecular formula is C46H29NO. The van der Waals surface area contributed by atoms with Crippen LogP contribution in [0.3, 0.4) is 0 Å². The highest BCUT2D eigenvalue weighted by atomic mass is 16.3. The second-order valence-corrected chi connectivity index (χ2v) is 12.6. The molecule has 48 heavy (non-hydrogen) atoms. The van der Waals surface area contributed by atoms with E-state index < -0.39 is 0 Å². The Labute approximate surface area is 278 Å². The van der Waals surface area contributed by atoms with Gasteiger partial charge in [-0.25, -0.2) is 4.98 Å². The maximum Gasteiger partial charge on any atom is 0.139 e. The molecular weight excluding hydrogens is 583 g/mol. The van der Waals surface area contributed by atoms with Crippen LogP contribution in [-0.4, -0.2) is 4.98 Å². The van der Waals surface area contributed by atoms with Crippen molar-refractivity contribution in [3.05, 3.63) is 187 Å². The van der Waals surface area contributed by atoms with Gasteiger partial charge in [0.1, 0.15) is 11.2 Å². The molecule has 0 fully saturated rings. The first-order valence-electron chi connectivity index (χ1n) is 16.5. The minimum absolute atomic E-state index is 0.0546. The topological polar surface area (TPSA) is 26.0 Å². The Hall–Kier alpha value is -6.25. The van der Waals surface area contributed by atoms with Crippen LogP contribution in [0.1, 0.15) is 22.6 Å². The molecule has 2 nitrogen and oxygen atoms in total. The predicted octanol–water partition coefficient (Wildman–Crippen LogP) is 12.3. The number of furan rings is 1. The summed E-state index contributed by atoms with van der Waals surface area (Å²) in [5, 5.41) is 3.39. The Morgan fingerprint density at radius 3 is 1.96 bits per heavy atom. The summed E-state index contributed by atoms with van der Waals surface area (Å²) in [6.45, 7) is 0. The van der Waals surface area contributed by atoms with Crippen LogP contribution in [0, 0.1) is 0 Å². The van der Waals surface area contributed by atoms with Gasteiger partial charge < -0.3 is 4.42 Å². The van der Waals surface area contributed by atoms with E-state index >= 15 is 0 Å². The molecule has 0 saturated heterocycles. The van der Waals surface area contributed by atoms with E-state index in [9.17, 15) is 0 Å². The maximum absolute atomic E-state index is 6.91. The van der Waals surface area contributed by atoms with Gasteiger partial charge in [0, 0.05) is 33.2 Å². The third-order valence-electron chi connectivity index (χ3n) is 9.97. The number of benzene rings is 7. The maximum atomic E-state index is 6.91. The van der Waals surface area contributed by atoms with Gasteiger partial charge in [0.05, 0.1) is 11.2 Å². The van der Waals surface area contributed by atoms with E-state index in [2.05, 4.69) is 164 Å². The molecule has 0 radical (unpaired) electrons. The van der Waals surface area contributed by atoms with Crippen LogP contribution in [-0.2, 0) is 0 Å². The van der Waals surface area contributed by atoms with E-state index in [0.717, 1.165) is 55.2 Å². The minimum atomic E-state index is 0.0546. The van der Waals surface area contributed by atoms with Gasteiger partial charge in [0.15, 0.2) is 0 Å². The van der Waals surface area contributed by atoms with E-state index in [0.29, 0.717) is 0 Å². The number of para-hydroxylation sites is 2.